The Labute approximate surface area is 274 Å². The van der Waals surface area contributed by atoms with Gasteiger partial charge in [-0.1, -0.05) is 36.4 Å². The number of phenols is 1. The fraction of sp³-hybridized carbons (Fsp3) is 0.441. The van der Waals surface area contributed by atoms with E-state index in [4.69, 9.17) is 23.7 Å². The van der Waals surface area contributed by atoms with Crippen LogP contribution in [0.25, 0.3) is 0 Å². The average molecular weight is 666 g/mol. The number of likely N-dealkylation sites (N-methyl/N-ethyl adjacent to an activating group) is 1. The number of piperidine rings is 1. The van der Waals surface area contributed by atoms with E-state index < -0.39 is 71.7 Å². The number of aliphatic hydroxyl groups is 1. The minimum absolute atomic E-state index is 0.0731. The highest BCUT2D eigenvalue weighted by Crippen LogP contribution is 2.65. The standard InChI is InChI=1S/C34H35NO13/c1-17(31(41)48-27(30(39)40)19-7-5-4-6-8-19)44-32(42)23(45-18(2)36)16-25(38)46-22-11-12-34(43)24-15-20-9-10-21(37)28-26(20)33(34,29(22)47-28)13-14-35(24)3/h4-11,17,23-24,27,29,37,43H,12-16H2,1-3H3,(H,39,40)/t17-,23-,24-,27-,29-,33-,34+/m0/s1. The number of rotatable bonds is 10. The molecule has 14 heteroatoms. The Balaban J connectivity index is 1.17. The van der Waals surface area contributed by atoms with Crippen molar-refractivity contribution in [2.75, 3.05) is 13.6 Å². The lowest BCUT2D eigenvalue weighted by atomic mass is 9.50. The summed E-state index contributed by atoms with van der Waals surface area (Å²) in [5.41, 5.74) is -0.518. The molecule has 254 valence electrons. The summed E-state index contributed by atoms with van der Waals surface area (Å²) in [7, 11) is 1.94. The number of phenolic OH excluding ortho intramolecular Hbond substituents is 1. The summed E-state index contributed by atoms with van der Waals surface area (Å²) < 4.78 is 27.2. The van der Waals surface area contributed by atoms with Crippen molar-refractivity contribution in [3.63, 3.8) is 0 Å². The monoisotopic (exact) mass is 665 g/mol. The molecule has 2 aromatic carbocycles. The van der Waals surface area contributed by atoms with Gasteiger partial charge in [0.25, 0.3) is 0 Å². The van der Waals surface area contributed by atoms with Crippen molar-refractivity contribution in [1.82, 2.24) is 4.90 Å². The molecule has 0 amide bonds. The number of nitrogens with zero attached hydrogens (tertiary/aromatic N) is 1. The molecule has 2 bridgehead atoms. The highest BCUT2D eigenvalue weighted by molar-refractivity contribution is 5.87. The van der Waals surface area contributed by atoms with E-state index in [2.05, 4.69) is 4.90 Å². The van der Waals surface area contributed by atoms with Gasteiger partial charge in [0, 0.05) is 30.5 Å². The summed E-state index contributed by atoms with van der Waals surface area (Å²) >= 11 is 0. The Bertz CT molecular complexity index is 1710. The summed E-state index contributed by atoms with van der Waals surface area (Å²) in [5.74, 6) is -5.64. The molecule has 6 rings (SSSR count). The number of aromatic hydroxyl groups is 1. The Morgan fingerprint density at radius 2 is 1.77 bits per heavy atom. The number of esters is 4. The molecular formula is C34H35NO13. The maximum Gasteiger partial charge on any atom is 0.349 e. The van der Waals surface area contributed by atoms with Crippen LogP contribution in [0.1, 0.15) is 55.9 Å². The lowest BCUT2D eigenvalue weighted by molar-refractivity contribution is -0.184. The summed E-state index contributed by atoms with van der Waals surface area (Å²) in [4.78, 5) is 64.7. The highest BCUT2D eigenvalue weighted by Gasteiger charge is 2.72. The fourth-order valence-corrected chi connectivity index (χ4v) is 7.53. The third-order valence-electron chi connectivity index (χ3n) is 9.69. The van der Waals surface area contributed by atoms with Crippen LogP contribution in [0.4, 0.5) is 0 Å². The number of likely N-dealkylation sites (tertiary alicyclic amines) is 1. The molecule has 0 aromatic heterocycles. The van der Waals surface area contributed by atoms with E-state index in [0.717, 1.165) is 19.4 Å². The van der Waals surface area contributed by atoms with Crippen LogP contribution in [0.15, 0.2) is 54.3 Å². The predicted octanol–water partition coefficient (Wildman–Crippen LogP) is 1.84. The smallest absolute Gasteiger partial charge is 0.349 e. The van der Waals surface area contributed by atoms with Gasteiger partial charge >= 0.3 is 29.8 Å². The zero-order valence-electron chi connectivity index (χ0n) is 26.4. The number of carbonyl (C=O) groups is 5. The molecule has 14 nitrogen and oxygen atoms in total. The summed E-state index contributed by atoms with van der Waals surface area (Å²) in [6.07, 6.45) is -4.25. The van der Waals surface area contributed by atoms with Gasteiger partial charge in [-0.25, -0.2) is 14.4 Å². The molecular weight excluding hydrogens is 630 g/mol. The number of carbonyl (C=O) groups excluding carboxylic acids is 4. The molecule has 1 saturated heterocycles. The molecule has 0 saturated carbocycles. The SMILES string of the molecule is CC(=O)O[C@@H](CC(=O)OC1=CC[C@@]2(O)[C@@H]3Cc4ccc(O)c5c4[C@@]2(CCN3C)[C@H]1O5)C(=O)O[C@@H](C)C(=O)O[C@H](C(=O)O)c1ccccc1. The number of benzene rings is 2. The zero-order valence-corrected chi connectivity index (χ0v) is 26.4. The van der Waals surface area contributed by atoms with Crippen molar-refractivity contribution in [3.8, 4) is 11.5 Å². The molecule has 1 spiro atoms. The Kier molecular flexibility index (Phi) is 8.42. The predicted molar refractivity (Wildman–Crippen MR) is 161 cm³/mol. The minimum Gasteiger partial charge on any atom is -0.504 e. The van der Waals surface area contributed by atoms with Gasteiger partial charge in [0.15, 0.2) is 23.7 Å². The largest absolute Gasteiger partial charge is 0.504 e. The van der Waals surface area contributed by atoms with E-state index >= 15 is 0 Å². The van der Waals surface area contributed by atoms with Crippen molar-refractivity contribution in [2.24, 2.45) is 0 Å². The molecule has 4 aliphatic rings. The molecule has 0 unspecified atom stereocenters. The minimum atomic E-state index is -1.83. The molecule has 48 heavy (non-hydrogen) atoms. The molecule has 2 heterocycles. The van der Waals surface area contributed by atoms with Crippen LogP contribution in [0, 0.1) is 0 Å². The summed E-state index contributed by atoms with van der Waals surface area (Å²) in [6.45, 7) is 2.76. The summed E-state index contributed by atoms with van der Waals surface area (Å²) in [5, 5.41) is 32.5. The Hall–Kier alpha value is -4.95. The van der Waals surface area contributed by atoms with E-state index in [1.165, 1.54) is 18.2 Å². The number of hydrogen-bond acceptors (Lipinski definition) is 13. The Morgan fingerprint density at radius 3 is 2.46 bits per heavy atom. The molecule has 3 N–H and O–H groups in total. The van der Waals surface area contributed by atoms with E-state index in [1.807, 2.05) is 13.1 Å². The van der Waals surface area contributed by atoms with Gasteiger partial charge in [-0.2, -0.15) is 0 Å². The lowest BCUT2D eigenvalue weighted by Gasteiger charge is -2.61. The van der Waals surface area contributed by atoms with Crippen LogP contribution in [-0.4, -0.2) is 93.6 Å². The molecule has 7 atom stereocenters. The van der Waals surface area contributed by atoms with Crippen molar-refractivity contribution < 1.29 is 63.0 Å². The molecule has 2 aromatic rings. The van der Waals surface area contributed by atoms with Gasteiger partial charge in [0.1, 0.15) is 5.76 Å². The van der Waals surface area contributed by atoms with Crippen molar-refractivity contribution >= 4 is 29.8 Å². The second-order valence-corrected chi connectivity index (χ2v) is 12.5. The van der Waals surface area contributed by atoms with Gasteiger partial charge in [0.2, 0.25) is 12.2 Å². The molecule has 1 fully saturated rings. The Morgan fingerprint density at radius 1 is 1.04 bits per heavy atom. The van der Waals surface area contributed by atoms with Crippen LogP contribution in [0.2, 0.25) is 0 Å². The number of hydrogen-bond donors (Lipinski definition) is 3. The topological polar surface area (TPSA) is 195 Å². The van der Waals surface area contributed by atoms with Crippen LogP contribution in [0.3, 0.4) is 0 Å². The fourth-order valence-electron chi connectivity index (χ4n) is 7.53. The van der Waals surface area contributed by atoms with Crippen molar-refractivity contribution in [1.29, 1.82) is 0 Å². The van der Waals surface area contributed by atoms with E-state index in [9.17, 15) is 39.3 Å². The number of carboxylic acid groups (broad SMARTS) is 1. The van der Waals surface area contributed by atoms with Crippen molar-refractivity contribution in [3.05, 3.63) is 71.0 Å². The van der Waals surface area contributed by atoms with Gasteiger partial charge in [-0.05, 0) is 51.1 Å². The maximum absolute atomic E-state index is 13.3. The molecule has 0 radical (unpaired) electrons. The van der Waals surface area contributed by atoms with Gasteiger partial charge in [-0.3, -0.25) is 9.59 Å². The highest BCUT2D eigenvalue weighted by atomic mass is 16.6. The van der Waals surface area contributed by atoms with Crippen molar-refractivity contribution in [2.45, 2.75) is 81.0 Å². The van der Waals surface area contributed by atoms with Crippen LogP contribution in [0.5, 0.6) is 11.5 Å². The first-order valence-corrected chi connectivity index (χ1v) is 15.5. The number of aliphatic carboxylic acids is 1. The van der Waals surface area contributed by atoms with Gasteiger partial charge in [0.05, 0.1) is 17.4 Å². The van der Waals surface area contributed by atoms with E-state index in [1.54, 1.807) is 24.3 Å². The van der Waals surface area contributed by atoms with Gasteiger partial charge in [-0.15, -0.1) is 0 Å². The normalized spacial score (nSPS) is 26.8. The second kappa shape index (κ2) is 12.3. The van der Waals surface area contributed by atoms with E-state index in [-0.39, 0.29) is 35.3 Å². The average Bonchev–Trinajstić information content (AvgIpc) is 3.40. The van der Waals surface area contributed by atoms with E-state index in [0.29, 0.717) is 24.9 Å². The quantitative estimate of drug-likeness (QED) is 0.246. The first-order valence-electron chi connectivity index (χ1n) is 15.5. The first-order chi connectivity index (χ1) is 22.8. The zero-order chi connectivity index (χ0) is 34.5. The van der Waals surface area contributed by atoms with Crippen LogP contribution in [-0.2, 0) is 54.8 Å². The number of ether oxygens (including phenoxy) is 5. The van der Waals surface area contributed by atoms with Crippen LogP contribution >= 0.6 is 0 Å². The molecule has 2 aliphatic carbocycles. The maximum atomic E-state index is 13.3. The first kappa shape index (κ1) is 33.0. The summed E-state index contributed by atoms with van der Waals surface area (Å²) in [6, 6.07) is 10.8. The molecule has 2 aliphatic heterocycles. The lowest BCUT2D eigenvalue weighted by Crippen LogP contribution is -2.74. The number of carboxylic acids is 1. The van der Waals surface area contributed by atoms with Crippen LogP contribution < -0.4 is 4.74 Å². The third kappa shape index (κ3) is 5.34. The van der Waals surface area contributed by atoms with Gasteiger partial charge < -0.3 is 43.9 Å². The third-order valence-corrected chi connectivity index (χ3v) is 9.69. The second-order valence-electron chi connectivity index (χ2n) is 12.5.